The minimum absolute atomic E-state index is 0.121. The second-order valence-electron chi connectivity index (χ2n) is 3.74. The van der Waals surface area contributed by atoms with Crippen molar-refractivity contribution in [3.8, 4) is 0 Å². The molecule has 0 bridgehead atoms. The first-order valence-corrected chi connectivity index (χ1v) is 7.21. The van der Waals surface area contributed by atoms with Crippen molar-refractivity contribution < 1.29 is 9.72 Å². The van der Waals surface area contributed by atoms with Crippen molar-refractivity contribution in [2.75, 3.05) is 5.32 Å². The molecule has 2 rings (SSSR count). The van der Waals surface area contributed by atoms with Crippen molar-refractivity contribution in [2.45, 2.75) is 0 Å². The van der Waals surface area contributed by atoms with Gasteiger partial charge >= 0.3 is 0 Å². The maximum Gasteiger partial charge on any atom is 0.270 e. The third-order valence-electron chi connectivity index (χ3n) is 2.39. The van der Waals surface area contributed by atoms with Crippen LogP contribution in [0.2, 0.25) is 0 Å². The summed E-state index contributed by atoms with van der Waals surface area (Å²) in [6.45, 7) is 0. The van der Waals surface area contributed by atoms with Crippen LogP contribution in [0, 0.1) is 13.7 Å². The van der Waals surface area contributed by atoms with E-state index in [0.717, 1.165) is 0 Å². The van der Waals surface area contributed by atoms with E-state index in [-0.39, 0.29) is 11.3 Å². The van der Waals surface area contributed by atoms with Gasteiger partial charge < -0.3 is 5.32 Å². The molecular formula is C12H7BrIN3O3. The number of halogens is 2. The van der Waals surface area contributed by atoms with Crippen LogP contribution in [0.3, 0.4) is 0 Å². The maximum atomic E-state index is 12.1. The van der Waals surface area contributed by atoms with Crippen LogP contribution in [-0.2, 0) is 0 Å². The van der Waals surface area contributed by atoms with Gasteiger partial charge in [-0.15, -0.1) is 0 Å². The van der Waals surface area contributed by atoms with Crippen LogP contribution in [-0.4, -0.2) is 15.8 Å². The Bertz CT molecular complexity index is 676. The predicted octanol–water partition coefficient (Wildman–Crippen LogP) is 3.61. The molecule has 0 aliphatic carbocycles. The highest BCUT2D eigenvalue weighted by Gasteiger charge is 2.15. The zero-order valence-corrected chi connectivity index (χ0v) is 13.6. The number of pyridine rings is 1. The van der Waals surface area contributed by atoms with Gasteiger partial charge in [0.2, 0.25) is 0 Å². The van der Waals surface area contributed by atoms with E-state index < -0.39 is 10.8 Å². The van der Waals surface area contributed by atoms with Gasteiger partial charge in [-0.25, -0.2) is 4.98 Å². The SMILES string of the molecule is O=C(Nc1ccc(Br)nc1)c1cc([N+](=O)[O-])ccc1I. The van der Waals surface area contributed by atoms with Gasteiger partial charge in [0, 0.05) is 15.7 Å². The molecule has 0 atom stereocenters. The van der Waals surface area contributed by atoms with Crippen molar-refractivity contribution in [1.29, 1.82) is 0 Å². The van der Waals surface area contributed by atoms with Gasteiger partial charge in [-0.05, 0) is 56.7 Å². The quantitative estimate of drug-likeness (QED) is 0.337. The molecule has 1 N–H and O–H groups in total. The Labute approximate surface area is 136 Å². The summed E-state index contributed by atoms with van der Waals surface area (Å²) in [5.74, 6) is -0.415. The number of rotatable bonds is 3. The minimum Gasteiger partial charge on any atom is -0.321 e. The largest absolute Gasteiger partial charge is 0.321 e. The van der Waals surface area contributed by atoms with Crippen molar-refractivity contribution in [1.82, 2.24) is 4.98 Å². The van der Waals surface area contributed by atoms with E-state index in [9.17, 15) is 14.9 Å². The van der Waals surface area contributed by atoms with Crippen LogP contribution < -0.4 is 5.32 Å². The summed E-state index contributed by atoms with van der Waals surface area (Å²) in [4.78, 5) is 26.3. The second kappa shape index (κ2) is 6.27. The number of amides is 1. The first-order chi connectivity index (χ1) is 9.47. The number of benzene rings is 1. The van der Waals surface area contributed by atoms with Gasteiger partial charge in [0.15, 0.2) is 0 Å². The molecule has 0 saturated heterocycles. The number of nitro benzene ring substituents is 1. The normalized spacial score (nSPS) is 10.1. The summed E-state index contributed by atoms with van der Waals surface area (Å²) < 4.78 is 1.29. The molecular weight excluding hydrogens is 441 g/mol. The molecule has 0 aliphatic rings. The predicted molar refractivity (Wildman–Crippen MR) is 85.7 cm³/mol. The Morgan fingerprint density at radius 1 is 1.35 bits per heavy atom. The fourth-order valence-corrected chi connectivity index (χ4v) is 2.26. The third kappa shape index (κ3) is 3.51. The lowest BCUT2D eigenvalue weighted by Crippen LogP contribution is -2.14. The van der Waals surface area contributed by atoms with Crippen molar-refractivity contribution in [2.24, 2.45) is 0 Å². The van der Waals surface area contributed by atoms with Crippen LogP contribution in [0.1, 0.15) is 10.4 Å². The summed E-state index contributed by atoms with van der Waals surface area (Å²) >= 11 is 5.15. The van der Waals surface area contributed by atoms with E-state index in [1.54, 1.807) is 12.1 Å². The molecule has 1 aromatic carbocycles. The van der Waals surface area contributed by atoms with Gasteiger partial charge in [-0.1, -0.05) is 0 Å². The van der Waals surface area contributed by atoms with Crippen LogP contribution in [0.15, 0.2) is 41.1 Å². The highest BCUT2D eigenvalue weighted by Crippen LogP contribution is 2.21. The van der Waals surface area contributed by atoms with Crippen molar-refractivity contribution in [3.63, 3.8) is 0 Å². The number of aromatic nitrogens is 1. The van der Waals surface area contributed by atoms with E-state index in [1.807, 2.05) is 22.6 Å². The molecule has 6 nitrogen and oxygen atoms in total. The Morgan fingerprint density at radius 3 is 2.70 bits per heavy atom. The number of hydrogen-bond acceptors (Lipinski definition) is 4. The fraction of sp³-hybridized carbons (Fsp3) is 0. The molecule has 0 saturated carbocycles. The Balaban J connectivity index is 2.26. The van der Waals surface area contributed by atoms with Crippen molar-refractivity contribution >= 4 is 55.8 Å². The minimum atomic E-state index is -0.534. The summed E-state index contributed by atoms with van der Waals surface area (Å²) in [6, 6.07) is 7.52. The smallest absolute Gasteiger partial charge is 0.270 e. The van der Waals surface area contributed by atoms with E-state index >= 15 is 0 Å². The topological polar surface area (TPSA) is 85.1 Å². The van der Waals surface area contributed by atoms with Gasteiger partial charge in [0.1, 0.15) is 4.60 Å². The van der Waals surface area contributed by atoms with Gasteiger partial charge in [-0.3, -0.25) is 14.9 Å². The van der Waals surface area contributed by atoms with Crippen molar-refractivity contribution in [3.05, 3.63) is 60.4 Å². The molecule has 8 heteroatoms. The molecule has 0 unspecified atom stereocenters. The molecule has 1 heterocycles. The molecule has 1 amide bonds. The first kappa shape index (κ1) is 14.9. The Morgan fingerprint density at radius 2 is 2.10 bits per heavy atom. The molecule has 0 aliphatic heterocycles. The molecule has 1 aromatic heterocycles. The molecule has 0 fully saturated rings. The van der Waals surface area contributed by atoms with Gasteiger partial charge in [0.05, 0.1) is 22.4 Å². The average Bonchev–Trinajstić information content (AvgIpc) is 2.41. The third-order valence-corrected chi connectivity index (χ3v) is 3.80. The summed E-state index contributed by atoms with van der Waals surface area (Å²) in [6.07, 6.45) is 1.49. The molecule has 20 heavy (non-hydrogen) atoms. The molecule has 0 spiro atoms. The first-order valence-electron chi connectivity index (χ1n) is 5.34. The lowest BCUT2D eigenvalue weighted by Gasteiger charge is -2.06. The maximum absolute atomic E-state index is 12.1. The number of carbonyl (C=O) groups excluding carboxylic acids is 1. The number of nitro groups is 1. The summed E-state index contributed by atoms with van der Waals surface area (Å²) in [7, 11) is 0. The monoisotopic (exact) mass is 447 g/mol. The molecule has 0 radical (unpaired) electrons. The van der Waals surface area contributed by atoms with Crippen LogP contribution in [0.25, 0.3) is 0 Å². The van der Waals surface area contributed by atoms with Crippen LogP contribution in [0.5, 0.6) is 0 Å². The Hall–Kier alpha value is -1.55. The summed E-state index contributed by atoms with van der Waals surface area (Å²) in [5.41, 5.74) is 0.646. The standard InChI is InChI=1S/C12H7BrIN3O3/c13-11-4-1-7(6-15-11)16-12(18)9-5-8(17(19)20)2-3-10(9)14/h1-6H,(H,16,18). The zero-order valence-electron chi connectivity index (χ0n) is 9.84. The van der Waals surface area contributed by atoms with Crippen LogP contribution in [0.4, 0.5) is 11.4 Å². The van der Waals surface area contributed by atoms with E-state index in [0.29, 0.717) is 13.9 Å². The zero-order chi connectivity index (χ0) is 14.7. The lowest BCUT2D eigenvalue weighted by molar-refractivity contribution is -0.384. The number of carbonyl (C=O) groups is 1. The highest BCUT2D eigenvalue weighted by molar-refractivity contribution is 14.1. The Kier molecular flexibility index (Phi) is 4.65. The number of non-ortho nitro benzene ring substituents is 1. The van der Waals surface area contributed by atoms with E-state index in [4.69, 9.17) is 0 Å². The number of anilines is 1. The van der Waals surface area contributed by atoms with Gasteiger partial charge in [-0.2, -0.15) is 0 Å². The van der Waals surface area contributed by atoms with Crippen LogP contribution >= 0.6 is 38.5 Å². The number of hydrogen-bond donors (Lipinski definition) is 1. The van der Waals surface area contributed by atoms with E-state index in [1.165, 1.54) is 24.4 Å². The fourth-order valence-electron chi connectivity index (χ4n) is 1.45. The lowest BCUT2D eigenvalue weighted by atomic mass is 10.2. The number of nitrogens with zero attached hydrogens (tertiary/aromatic N) is 2. The number of nitrogens with one attached hydrogen (secondary N) is 1. The highest BCUT2D eigenvalue weighted by atomic mass is 127. The average molecular weight is 448 g/mol. The molecule has 2 aromatic rings. The van der Waals surface area contributed by atoms with E-state index in [2.05, 4.69) is 26.2 Å². The second-order valence-corrected chi connectivity index (χ2v) is 5.72. The van der Waals surface area contributed by atoms with Gasteiger partial charge in [0.25, 0.3) is 11.6 Å². The molecule has 102 valence electrons. The summed E-state index contributed by atoms with van der Waals surface area (Å²) in [5, 5.41) is 13.4.